The highest BCUT2D eigenvalue weighted by Gasteiger charge is 2.29. The first kappa shape index (κ1) is 23.6. The molecule has 31 heavy (non-hydrogen) atoms. The summed E-state index contributed by atoms with van der Waals surface area (Å²) in [6, 6.07) is 8.69. The van der Waals surface area contributed by atoms with Crippen molar-refractivity contribution in [2.75, 3.05) is 12.9 Å². The molecule has 2 aromatic rings. The average molecular weight is 445 g/mol. The van der Waals surface area contributed by atoms with Crippen molar-refractivity contribution in [1.82, 2.24) is 19.7 Å². The molecule has 0 saturated heterocycles. The lowest BCUT2D eigenvalue weighted by atomic mass is 9.85. The van der Waals surface area contributed by atoms with Crippen LogP contribution in [0.4, 0.5) is 0 Å². The summed E-state index contributed by atoms with van der Waals surface area (Å²) in [5.41, 5.74) is 1.02. The molecule has 1 aromatic heterocycles. The molecular weight excluding hydrogens is 408 g/mol. The van der Waals surface area contributed by atoms with E-state index in [1.54, 1.807) is 7.11 Å². The molecule has 0 bridgehead atoms. The quantitative estimate of drug-likeness (QED) is 0.507. The Hall–Kier alpha value is -2.02. The second-order valence-corrected chi connectivity index (χ2v) is 9.95. The van der Waals surface area contributed by atoms with Crippen molar-refractivity contribution in [3.63, 3.8) is 0 Å². The van der Waals surface area contributed by atoms with Crippen LogP contribution in [0.15, 0.2) is 29.4 Å². The van der Waals surface area contributed by atoms with Crippen molar-refractivity contribution in [2.24, 2.45) is 5.92 Å². The summed E-state index contributed by atoms with van der Waals surface area (Å²) >= 11 is 1.51. The van der Waals surface area contributed by atoms with Gasteiger partial charge >= 0.3 is 0 Å². The van der Waals surface area contributed by atoms with Gasteiger partial charge in [0, 0.05) is 23.7 Å². The molecule has 0 unspecified atom stereocenters. The van der Waals surface area contributed by atoms with Gasteiger partial charge in [0.05, 0.1) is 12.9 Å². The zero-order valence-corrected chi connectivity index (χ0v) is 20.5. The molecule has 1 aromatic carbocycles. The Morgan fingerprint density at radius 1 is 1.13 bits per heavy atom. The van der Waals surface area contributed by atoms with Crippen molar-refractivity contribution in [1.29, 1.82) is 0 Å². The van der Waals surface area contributed by atoms with Gasteiger partial charge in [-0.1, -0.05) is 31.5 Å². The van der Waals surface area contributed by atoms with Crippen LogP contribution in [0.2, 0.25) is 0 Å². The Bertz CT molecular complexity index is 855. The smallest absolute Gasteiger partial charge is 0.233 e. The summed E-state index contributed by atoms with van der Waals surface area (Å²) in [5, 5.41) is 9.95. The predicted octanol–water partition coefficient (Wildman–Crippen LogP) is 5.44. The van der Waals surface area contributed by atoms with Crippen LogP contribution in [-0.2, 0) is 4.79 Å². The Morgan fingerprint density at radius 3 is 2.35 bits per heavy atom. The largest absolute Gasteiger partial charge is 0.497 e. The third kappa shape index (κ3) is 5.43. The van der Waals surface area contributed by atoms with Gasteiger partial charge in [-0.3, -0.25) is 9.36 Å². The number of nitrogens with zero attached hydrogens (tertiary/aromatic N) is 4. The van der Waals surface area contributed by atoms with Gasteiger partial charge in [-0.05, 0) is 70.7 Å². The van der Waals surface area contributed by atoms with E-state index < -0.39 is 0 Å². The van der Waals surface area contributed by atoms with E-state index in [9.17, 15) is 4.79 Å². The van der Waals surface area contributed by atoms with Crippen LogP contribution in [0.3, 0.4) is 0 Å². The maximum atomic E-state index is 12.9. The monoisotopic (exact) mass is 444 g/mol. The molecule has 0 aliphatic heterocycles. The molecule has 1 aliphatic rings. The molecule has 170 valence electrons. The maximum absolute atomic E-state index is 12.9. The molecule has 0 radical (unpaired) electrons. The van der Waals surface area contributed by atoms with Crippen molar-refractivity contribution in [2.45, 2.75) is 83.6 Å². The first-order valence-corrected chi connectivity index (χ1v) is 12.3. The lowest BCUT2D eigenvalue weighted by Crippen LogP contribution is -2.43. The fraction of sp³-hybridized carbons (Fsp3) is 0.625. The Morgan fingerprint density at radius 2 is 1.77 bits per heavy atom. The number of ether oxygens (including phenoxy) is 1. The maximum Gasteiger partial charge on any atom is 0.233 e. The first-order valence-electron chi connectivity index (χ1n) is 11.4. The van der Waals surface area contributed by atoms with E-state index in [0.717, 1.165) is 28.7 Å². The van der Waals surface area contributed by atoms with Crippen LogP contribution in [-0.4, -0.2) is 50.5 Å². The zero-order chi connectivity index (χ0) is 22.5. The second kappa shape index (κ2) is 10.5. The van der Waals surface area contributed by atoms with Crippen LogP contribution in [0.5, 0.6) is 5.75 Å². The van der Waals surface area contributed by atoms with E-state index in [2.05, 4.69) is 49.4 Å². The minimum Gasteiger partial charge on any atom is -0.497 e. The molecule has 1 amide bonds. The molecule has 1 aliphatic carbocycles. The summed E-state index contributed by atoms with van der Waals surface area (Å²) in [5.74, 6) is 2.77. The van der Waals surface area contributed by atoms with Crippen LogP contribution in [0, 0.1) is 5.92 Å². The van der Waals surface area contributed by atoms with E-state index in [4.69, 9.17) is 4.74 Å². The molecule has 1 heterocycles. The summed E-state index contributed by atoms with van der Waals surface area (Å²) in [6.07, 6.45) is 4.82. The van der Waals surface area contributed by atoms with Gasteiger partial charge in [0.25, 0.3) is 0 Å². The molecule has 3 rings (SSSR count). The number of carbonyl (C=O) groups excluding carboxylic acids is 1. The lowest BCUT2D eigenvalue weighted by Gasteiger charge is -2.32. The molecule has 1 fully saturated rings. The third-order valence-electron chi connectivity index (χ3n) is 6.14. The summed E-state index contributed by atoms with van der Waals surface area (Å²) in [7, 11) is 1.67. The lowest BCUT2D eigenvalue weighted by molar-refractivity contribution is -0.131. The number of thioether (sulfide) groups is 1. The third-order valence-corrected chi connectivity index (χ3v) is 7.06. The van der Waals surface area contributed by atoms with Crippen molar-refractivity contribution >= 4 is 17.7 Å². The minimum atomic E-state index is 0.146. The standard InChI is InChI=1S/C24H36N4O2S/c1-16(2)27(17(3)4)22(29)15-31-24-26-25-23(19-11-13-20(30-6)14-12-19)28(24)21-10-8-7-9-18(21)5/h11-14,16-18,21H,7-10,15H2,1-6H3/t18-,21+/m0/s1. The van der Waals surface area contributed by atoms with Crippen LogP contribution in [0.25, 0.3) is 11.4 Å². The SMILES string of the molecule is COc1ccc(-c2nnc(SCC(=O)N(C(C)C)C(C)C)n2[C@@H]2CCCC[C@@H]2C)cc1. The molecule has 6 nitrogen and oxygen atoms in total. The van der Waals surface area contributed by atoms with Gasteiger partial charge in [0.15, 0.2) is 11.0 Å². The van der Waals surface area contributed by atoms with Crippen molar-refractivity contribution < 1.29 is 9.53 Å². The predicted molar refractivity (Wildman–Crippen MR) is 127 cm³/mol. The van der Waals surface area contributed by atoms with E-state index in [0.29, 0.717) is 17.7 Å². The summed E-state index contributed by atoms with van der Waals surface area (Å²) in [4.78, 5) is 14.9. The topological polar surface area (TPSA) is 60.3 Å². The van der Waals surface area contributed by atoms with Crippen LogP contribution >= 0.6 is 11.8 Å². The summed E-state index contributed by atoms with van der Waals surface area (Å²) < 4.78 is 7.60. The first-order chi connectivity index (χ1) is 14.8. The number of benzene rings is 1. The number of aromatic nitrogens is 3. The van der Waals surface area contributed by atoms with Gasteiger partial charge in [-0.25, -0.2) is 0 Å². The zero-order valence-electron chi connectivity index (χ0n) is 19.7. The normalized spacial score (nSPS) is 19.1. The van der Waals surface area contributed by atoms with E-state index in [-0.39, 0.29) is 18.0 Å². The second-order valence-electron chi connectivity index (χ2n) is 9.01. The Kier molecular flexibility index (Phi) is 8.03. The molecule has 0 spiro atoms. The fourth-order valence-corrected chi connectivity index (χ4v) is 5.53. The molecular formula is C24H36N4O2S. The van der Waals surface area contributed by atoms with Gasteiger partial charge in [0.2, 0.25) is 5.91 Å². The minimum absolute atomic E-state index is 0.146. The highest BCUT2D eigenvalue weighted by Crippen LogP contribution is 2.39. The van der Waals surface area contributed by atoms with Gasteiger partial charge < -0.3 is 9.64 Å². The number of amides is 1. The molecule has 0 N–H and O–H groups in total. The Balaban J connectivity index is 1.90. The van der Waals surface area contributed by atoms with E-state index in [1.165, 1.54) is 31.0 Å². The van der Waals surface area contributed by atoms with E-state index in [1.807, 2.05) is 29.2 Å². The number of hydrogen-bond acceptors (Lipinski definition) is 5. The average Bonchev–Trinajstić information content (AvgIpc) is 3.15. The van der Waals surface area contributed by atoms with E-state index >= 15 is 0 Å². The van der Waals surface area contributed by atoms with Crippen LogP contribution in [0.1, 0.15) is 66.3 Å². The molecule has 2 atom stereocenters. The van der Waals surface area contributed by atoms with Gasteiger partial charge in [0.1, 0.15) is 5.75 Å². The van der Waals surface area contributed by atoms with Crippen molar-refractivity contribution in [3.05, 3.63) is 24.3 Å². The number of rotatable bonds is 8. The number of carbonyl (C=O) groups is 1. The van der Waals surface area contributed by atoms with Gasteiger partial charge in [-0.2, -0.15) is 0 Å². The molecule has 7 heteroatoms. The summed E-state index contributed by atoms with van der Waals surface area (Å²) in [6.45, 7) is 10.6. The number of hydrogen-bond donors (Lipinski definition) is 0. The number of methoxy groups -OCH3 is 1. The molecule has 1 saturated carbocycles. The highest BCUT2D eigenvalue weighted by molar-refractivity contribution is 7.99. The Labute approximate surface area is 190 Å². The van der Waals surface area contributed by atoms with Crippen molar-refractivity contribution in [3.8, 4) is 17.1 Å². The highest BCUT2D eigenvalue weighted by atomic mass is 32.2. The fourth-order valence-electron chi connectivity index (χ4n) is 4.66. The van der Waals surface area contributed by atoms with Crippen LogP contribution < -0.4 is 4.74 Å². The van der Waals surface area contributed by atoms with Gasteiger partial charge in [-0.15, -0.1) is 10.2 Å².